The third-order valence-electron chi connectivity index (χ3n) is 5.73. The predicted molar refractivity (Wildman–Crippen MR) is 109 cm³/mol. The molecule has 0 spiro atoms. The number of amides is 1. The highest BCUT2D eigenvalue weighted by molar-refractivity contribution is 5.98. The van der Waals surface area contributed by atoms with E-state index in [0.717, 1.165) is 56.6 Å². The van der Waals surface area contributed by atoms with Gasteiger partial charge in [-0.25, -0.2) is 4.39 Å². The van der Waals surface area contributed by atoms with E-state index in [9.17, 15) is 14.0 Å². The van der Waals surface area contributed by atoms with E-state index in [4.69, 9.17) is 0 Å². The second-order valence-electron chi connectivity index (χ2n) is 7.69. The third kappa shape index (κ3) is 4.76. The lowest BCUT2D eigenvalue weighted by molar-refractivity contribution is -0.126. The summed E-state index contributed by atoms with van der Waals surface area (Å²) in [6.45, 7) is 7.62. The van der Waals surface area contributed by atoms with Gasteiger partial charge in [-0.15, -0.1) is 0 Å². The van der Waals surface area contributed by atoms with Crippen LogP contribution in [0, 0.1) is 11.7 Å². The Balaban J connectivity index is 1.48. The topological polar surface area (TPSA) is 40.6 Å². The van der Waals surface area contributed by atoms with E-state index in [1.54, 1.807) is 12.1 Å². The molecule has 1 aromatic carbocycles. The minimum Gasteiger partial charge on any atom is -0.334 e. The number of likely N-dealkylation sites (tertiary alicyclic amines) is 1. The van der Waals surface area contributed by atoms with Crippen molar-refractivity contribution in [2.24, 2.45) is 5.92 Å². The molecule has 0 aromatic heterocycles. The van der Waals surface area contributed by atoms with E-state index >= 15 is 0 Å². The first kappa shape index (κ1) is 20.5. The summed E-state index contributed by atoms with van der Waals surface area (Å²) < 4.78 is 13.0. The maximum Gasteiger partial charge on any atom is 0.250 e. The number of rotatable bonds is 7. The van der Waals surface area contributed by atoms with E-state index in [2.05, 4.69) is 11.0 Å². The van der Waals surface area contributed by atoms with Crippen LogP contribution in [0.25, 0.3) is 0 Å². The molecule has 28 heavy (non-hydrogen) atoms. The molecule has 0 N–H and O–H groups in total. The molecule has 0 unspecified atom stereocenters. The zero-order valence-corrected chi connectivity index (χ0v) is 16.8. The van der Waals surface area contributed by atoms with Gasteiger partial charge in [0.15, 0.2) is 5.78 Å². The predicted octanol–water partition coefficient (Wildman–Crippen LogP) is 3.85. The summed E-state index contributed by atoms with van der Waals surface area (Å²) in [5, 5.41) is 0. The number of carbonyl (C=O) groups is 2. The molecule has 1 fully saturated rings. The fraction of sp³-hybridized carbons (Fsp3) is 0.478. The number of piperidine rings is 1. The van der Waals surface area contributed by atoms with Gasteiger partial charge in [0.1, 0.15) is 5.82 Å². The molecule has 0 aliphatic carbocycles. The summed E-state index contributed by atoms with van der Waals surface area (Å²) in [5.41, 5.74) is 2.65. The van der Waals surface area contributed by atoms with Crippen LogP contribution in [0.15, 0.2) is 47.6 Å². The van der Waals surface area contributed by atoms with Gasteiger partial charge in [0, 0.05) is 24.2 Å². The van der Waals surface area contributed by atoms with Crippen molar-refractivity contribution < 1.29 is 14.0 Å². The van der Waals surface area contributed by atoms with Crippen molar-refractivity contribution in [2.45, 2.75) is 33.1 Å². The van der Waals surface area contributed by atoms with Gasteiger partial charge >= 0.3 is 0 Å². The second kappa shape index (κ2) is 9.28. The first-order valence-electron chi connectivity index (χ1n) is 10.2. The second-order valence-corrected chi connectivity index (χ2v) is 7.69. The summed E-state index contributed by atoms with van der Waals surface area (Å²) in [6, 6.07) is 5.74. The Kier molecular flexibility index (Phi) is 6.79. The largest absolute Gasteiger partial charge is 0.334 e. The summed E-state index contributed by atoms with van der Waals surface area (Å²) in [5.74, 6) is 0.363. The van der Waals surface area contributed by atoms with Crippen LogP contribution in [0.1, 0.15) is 43.5 Å². The molecule has 0 radical (unpaired) electrons. The highest BCUT2D eigenvalue weighted by Gasteiger charge is 2.31. The Morgan fingerprint density at radius 3 is 2.50 bits per heavy atom. The standard InChI is InChI=1S/C23H29FN2O2/c1-3-5-19-15-26(23(28)21(19)4-2)14-17-10-12-25(13-11-17)16-22(27)18-6-8-20(24)9-7-18/h3,5-9,17H,4,10-16H2,1-2H3/b5-3-. The van der Waals surface area contributed by atoms with Crippen molar-refractivity contribution in [1.82, 2.24) is 9.80 Å². The molecule has 0 saturated carbocycles. The fourth-order valence-electron chi connectivity index (χ4n) is 4.15. The minimum atomic E-state index is -0.327. The number of Topliss-reactive ketones (excluding diaryl/α,β-unsaturated/α-hetero) is 1. The zero-order chi connectivity index (χ0) is 20.1. The lowest BCUT2D eigenvalue weighted by atomic mass is 9.95. The Labute approximate surface area is 166 Å². The lowest BCUT2D eigenvalue weighted by Crippen LogP contribution is -2.41. The van der Waals surface area contributed by atoms with Crippen LogP contribution >= 0.6 is 0 Å². The molecule has 1 amide bonds. The van der Waals surface area contributed by atoms with Gasteiger partial charge in [-0.3, -0.25) is 14.5 Å². The van der Waals surface area contributed by atoms with Gasteiger partial charge in [0.25, 0.3) is 0 Å². The number of nitrogens with zero attached hydrogens (tertiary/aromatic N) is 2. The lowest BCUT2D eigenvalue weighted by Gasteiger charge is -2.33. The average molecular weight is 384 g/mol. The maximum absolute atomic E-state index is 13.0. The molecule has 5 heteroatoms. The van der Waals surface area contributed by atoms with E-state index in [1.807, 2.05) is 24.8 Å². The molecule has 2 heterocycles. The van der Waals surface area contributed by atoms with Crippen LogP contribution in [0.3, 0.4) is 0 Å². The molecule has 1 saturated heterocycles. The van der Waals surface area contributed by atoms with Crippen molar-refractivity contribution in [3.63, 3.8) is 0 Å². The first-order chi connectivity index (χ1) is 13.5. The Hall–Kier alpha value is -2.27. The van der Waals surface area contributed by atoms with E-state index < -0.39 is 0 Å². The van der Waals surface area contributed by atoms with Crippen LogP contribution in [0.5, 0.6) is 0 Å². The van der Waals surface area contributed by atoms with Gasteiger partial charge in [0.2, 0.25) is 5.91 Å². The zero-order valence-electron chi connectivity index (χ0n) is 16.8. The molecule has 2 aliphatic rings. The molecular weight excluding hydrogens is 355 g/mol. The van der Waals surface area contributed by atoms with Crippen molar-refractivity contribution in [2.75, 3.05) is 32.7 Å². The highest BCUT2D eigenvalue weighted by Crippen LogP contribution is 2.26. The number of hydrogen-bond donors (Lipinski definition) is 0. The van der Waals surface area contributed by atoms with Crippen LogP contribution in [-0.4, -0.2) is 54.2 Å². The van der Waals surface area contributed by atoms with Crippen molar-refractivity contribution >= 4 is 11.7 Å². The summed E-state index contributed by atoms with van der Waals surface area (Å²) in [6.07, 6.45) is 6.81. The molecule has 0 bridgehead atoms. The number of benzene rings is 1. The number of hydrogen-bond acceptors (Lipinski definition) is 3. The third-order valence-corrected chi connectivity index (χ3v) is 5.73. The maximum atomic E-state index is 13.0. The number of allylic oxidation sites excluding steroid dienone is 1. The normalized spacial score (nSPS) is 19.2. The van der Waals surface area contributed by atoms with Gasteiger partial charge < -0.3 is 4.90 Å². The Bertz CT molecular complexity index is 774. The molecule has 1 aromatic rings. The van der Waals surface area contributed by atoms with Crippen LogP contribution in [0.2, 0.25) is 0 Å². The first-order valence-corrected chi connectivity index (χ1v) is 10.2. The van der Waals surface area contributed by atoms with Crippen LogP contribution in [-0.2, 0) is 4.79 Å². The fourth-order valence-corrected chi connectivity index (χ4v) is 4.15. The summed E-state index contributed by atoms with van der Waals surface area (Å²) in [4.78, 5) is 29.1. The molecule has 3 rings (SSSR count). The smallest absolute Gasteiger partial charge is 0.250 e. The van der Waals surface area contributed by atoms with Gasteiger partial charge in [-0.05, 0) is 75.0 Å². The molecule has 150 valence electrons. The van der Waals surface area contributed by atoms with Gasteiger partial charge in [0.05, 0.1) is 6.54 Å². The van der Waals surface area contributed by atoms with Crippen molar-refractivity contribution in [1.29, 1.82) is 0 Å². The molecule has 2 aliphatic heterocycles. The van der Waals surface area contributed by atoms with Crippen LogP contribution in [0.4, 0.5) is 4.39 Å². The van der Waals surface area contributed by atoms with Gasteiger partial charge in [-0.1, -0.05) is 19.1 Å². The summed E-state index contributed by atoms with van der Waals surface area (Å²) >= 11 is 0. The Morgan fingerprint density at radius 1 is 1.21 bits per heavy atom. The monoisotopic (exact) mass is 384 g/mol. The van der Waals surface area contributed by atoms with Crippen molar-refractivity contribution in [3.05, 3.63) is 58.9 Å². The van der Waals surface area contributed by atoms with E-state index in [1.165, 1.54) is 12.1 Å². The van der Waals surface area contributed by atoms with E-state index in [-0.39, 0.29) is 17.5 Å². The number of carbonyl (C=O) groups excluding carboxylic acids is 2. The number of ketones is 1. The minimum absolute atomic E-state index is 0.0287. The quantitative estimate of drug-likeness (QED) is 0.671. The van der Waals surface area contributed by atoms with Crippen LogP contribution < -0.4 is 0 Å². The van der Waals surface area contributed by atoms with Gasteiger partial charge in [-0.2, -0.15) is 0 Å². The summed E-state index contributed by atoms with van der Waals surface area (Å²) in [7, 11) is 0. The molecule has 0 atom stereocenters. The molecule has 4 nitrogen and oxygen atoms in total. The molecular formula is C23H29FN2O2. The van der Waals surface area contributed by atoms with E-state index in [0.29, 0.717) is 18.0 Å². The highest BCUT2D eigenvalue weighted by atomic mass is 19.1. The SMILES string of the molecule is C/C=C\C1=C(CC)C(=O)N(CC2CCN(CC(=O)c3ccc(F)cc3)CC2)C1. The number of halogens is 1. The van der Waals surface area contributed by atoms with Crippen molar-refractivity contribution in [3.8, 4) is 0 Å². The average Bonchev–Trinajstić information content (AvgIpc) is 2.98. The Morgan fingerprint density at radius 2 is 1.89 bits per heavy atom.